The molecule has 104 valence electrons. The number of nitrogens with one attached hydrogen (secondary N) is 1. The summed E-state index contributed by atoms with van der Waals surface area (Å²) >= 11 is 3.21. The molecule has 1 saturated carbocycles. The number of aromatic carboxylic acids is 1. The molecule has 1 fully saturated rings. The van der Waals surface area contributed by atoms with E-state index < -0.39 is 5.97 Å². The van der Waals surface area contributed by atoms with Gasteiger partial charge in [0.15, 0.2) is 0 Å². The monoisotopic (exact) mass is 328 g/mol. The van der Waals surface area contributed by atoms with Crippen LogP contribution in [0.5, 0.6) is 0 Å². The highest BCUT2D eigenvalue weighted by atomic mass is 79.9. The zero-order valence-corrected chi connectivity index (χ0v) is 12.1. The molecule has 6 heteroatoms. The fourth-order valence-electron chi connectivity index (χ4n) is 2.19. The normalized spacial score (nSPS) is 15.6. The maximum absolute atomic E-state index is 11.1. The second-order valence-corrected chi connectivity index (χ2v) is 5.47. The third-order valence-electron chi connectivity index (χ3n) is 3.13. The maximum atomic E-state index is 11.1. The third kappa shape index (κ3) is 4.18. The zero-order chi connectivity index (χ0) is 13.7. The Hall–Kier alpha value is -1.14. The first-order valence-electron chi connectivity index (χ1n) is 6.41. The quantitative estimate of drug-likeness (QED) is 0.785. The Morgan fingerprint density at radius 2 is 2.26 bits per heavy atom. The van der Waals surface area contributed by atoms with E-state index in [-0.39, 0.29) is 5.56 Å². The summed E-state index contributed by atoms with van der Waals surface area (Å²) in [5, 5.41) is 12.1. The summed E-state index contributed by atoms with van der Waals surface area (Å²) in [4.78, 5) is 15.2. The molecule has 0 aliphatic heterocycles. The highest BCUT2D eigenvalue weighted by molar-refractivity contribution is 9.10. The van der Waals surface area contributed by atoms with Crippen LogP contribution in [0, 0.1) is 0 Å². The summed E-state index contributed by atoms with van der Waals surface area (Å²) in [5.74, 6) is -0.612. The van der Waals surface area contributed by atoms with Crippen molar-refractivity contribution in [2.75, 3.05) is 18.5 Å². The molecule has 19 heavy (non-hydrogen) atoms. The minimum absolute atomic E-state index is 0.162. The van der Waals surface area contributed by atoms with Crippen LogP contribution in [0.25, 0.3) is 0 Å². The summed E-state index contributed by atoms with van der Waals surface area (Å²) < 4.78 is 6.35. The van der Waals surface area contributed by atoms with Crippen molar-refractivity contribution >= 4 is 27.7 Å². The van der Waals surface area contributed by atoms with Crippen molar-refractivity contribution < 1.29 is 14.6 Å². The molecule has 5 nitrogen and oxygen atoms in total. The Morgan fingerprint density at radius 1 is 1.53 bits per heavy atom. The Morgan fingerprint density at radius 3 is 2.95 bits per heavy atom. The van der Waals surface area contributed by atoms with Crippen LogP contribution in [0.1, 0.15) is 36.0 Å². The Bertz CT molecular complexity index is 448. The Balaban J connectivity index is 1.83. The second-order valence-electron chi connectivity index (χ2n) is 4.56. The van der Waals surface area contributed by atoms with Gasteiger partial charge in [-0.1, -0.05) is 12.8 Å². The van der Waals surface area contributed by atoms with E-state index in [4.69, 9.17) is 9.84 Å². The molecule has 1 aromatic rings. The topological polar surface area (TPSA) is 71.5 Å². The second kappa shape index (κ2) is 6.86. The maximum Gasteiger partial charge on any atom is 0.339 e. The lowest BCUT2D eigenvalue weighted by Crippen LogP contribution is -2.17. The number of carboxylic acid groups (broad SMARTS) is 1. The molecule has 2 N–H and O–H groups in total. The number of pyridine rings is 1. The lowest BCUT2D eigenvalue weighted by atomic mass is 10.2. The molecule has 0 spiro atoms. The van der Waals surface area contributed by atoms with E-state index in [0.29, 0.717) is 29.5 Å². The van der Waals surface area contributed by atoms with Crippen LogP contribution in [0.3, 0.4) is 0 Å². The average molecular weight is 329 g/mol. The first-order valence-corrected chi connectivity index (χ1v) is 7.20. The first-order chi connectivity index (χ1) is 9.16. The Kier molecular flexibility index (Phi) is 5.15. The van der Waals surface area contributed by atoms with Crippen molar-refractivity contribution in [2.45, 2.75) is 31.8 Å². The van der Waals surface area contributed by atoms with Crippen LogP contribution in [-0.2, 0) is 4.74 Å². The molecule has 1 aliphatic rings. The van der Waals surface area contributed by atoms with E-state index in [0.717, 1.165) is 12.8 Å². The number of rotatable bonds is 6. The number of carboxylic acids is 1. The van der Waals surface area contributed by atoms with E-state index in [1.165, 1.54) is 18.9 Å². The predicted molar refractivity (Wildman–Crippen MR) is 75.6 cm³/mol. The van der Waals surface area contributed by atoms with E-state index in [1.54, 1.807) is 6.20 Å². The van der Waals surface area contributed by atoms with Crippen molar-refractivity contribution in [3.05, 3.63) is 22.3 Å². The number of ether oxygens (including phenoxy) is 1. The van der Waals surface area contributed by atoms with Crippen molar-refractivity contribution in [3.8, 4) is 0 Å². The van der Waals surface area contributed by atoms with Crippen LogP contribution >= 0.6 is 15.9 Å². The van der Waals surface area contributed by atoms with Crippen molar-refractivity contribution in [1.82, 2.24) is 4.98 Å². The van der Waals surface area contributed by atoms with Crippen molar-refractivity contribution in [1.29, 1.82) is 0 Å². The minimum Gasteiger partial charge on any atom is -0.478 e. The summed E-state index contributed by atoms with van der Waals surface area (Å²) in [7, 11) is 0. The number of hydrogen-bond acceptors (Lipinski definition) is 4. The molecule has 0 amide bonds. The van der Waals surface area contributed by atoms with Gasteiger partial charge in [0.2, 0.25) is 0 Å². The SMILES string of the molecule is O=C(O)c1cc(Br)cnc1NCCOC1CCCC1. The first kappa shape index (κ1) is 14.3. The van der Waals surface area contributed by atoms with Crippen LogP contribution in [0.2, 0.25) is 0 Å². The lowest BCUT2D eigenvalue weighted by Gasteiger charge is -2.12. The summed E-state index contributed by atoms with van der Waals surface area (Å²) in [6, 6.07) is 1.54. The lowest BCUT2D eigenvalue weighted by molar-refractivity contribution is 0.0655. The Labute approximate surface area is 120 Å². The molecule has 0 aromatic carbocycles. The largest absolute Gasteiger partial charge is 0.478 e. The molecule has 2 rings (SSSR count). The molecule has 1 heterocycles. The van der Waals surface area contributed by atoms with Crippen LogP contribution in [0.4, 0.5) is 5.82 Å². The van der Waals surface area contributed by atoms with Crippen LogP contribution in [0.15, 0.2) is 16.7 Å². The highest BCUT2D eigenvalue weighted by Gasteiger charge is 2.15. The van der Waals surface area contributed by atoms with Crippen LogP contribution < -0.4 is 5.32 Å². The fourth-order valence-corrected chi connectivity index (χ4v) is 2.52. The molecule has 0 radical (unpaired) electrons. The number of anilines is 1. The molecule has 1 aliphatic carbocycles. The molecule has 0 bridgehead atoms. The molecular formula is C13H17BrN2O3. The molecular weight excluding hydrogens is 312 g/mol. The van der Waals surface area contributed by atoms with Gasteiger partial charge in [-0.05, 0) is 34.8 Å². The standard InChI is InChI=1S/C13H17BrN2O3/c14-9-7-11(13(17)18)12(16-8-9)15-5-6-19-10-3-1-2-4-10/h7-8,10H,1-6H2,(H,15,16)(H,17,18). The van der Waals surface area contributed by atoms with Gasteiger partial charge >= 0.3 is 5.97 Å². The number of carbonyl (C=O) groups is 1. The van der Waals surface area contributed by atoms with Crippen LogP contribution in [-0.4, -0.2) is 35.3 Å². The third-order valence-corrected chi connectivity index (χ3v) is 3.57. The fraction of sp³-hybridized carbons (Fsp3) is 0.538. The van der Waals surface area contributed by atoms with Gasteiger partial charge in [0, 0.05) is 17.2 Å². The smallest absolute Gasteiger partial charge is 0.339 e. The van der Waals surface area contributed by atoms with Gasteiger partial charge in [-0.25, -0.2) is 9.78 Å². The molecule has 0 saturated heterocycles. The zero-order valence-electron chi connectivity index (χ0n) is 10.6. The van der Waals surface area contributed by atoms with Crippen molar-refractivity contribution in [2.24, 2.45) is 0 Å². The number of nitrogens with zero attached hydrogens (tertiary/aromatic N) is 1. The highest BCUT2D eigenvalue weighted by Crippen LogP contribution is 2.21. The average Bonchev–Trinajstić information content (AvgIpc) is 2.89. The van der Waals surface area contributed by atoms with E-state index in [1.807, 2.05) is 0 Å². The van der Waals surface area contributed by atoms with Gasteiger partial charge in [0.25, 0.3) is 0 Å². The molecule has 0 atom stereocenters. The summed E-state index contributed by atoms with van der Waals surface area (Å²) in [5.41, 5.74) is 0.162. The molecule has 0 unspecified atom stereocenters. The molecule has 1 aromatic heterocycles. The van der Waals surface area contributed by atoms with Gasteiger partial charge in [-0.2, -0.15) is 0 Å². The van der Waals surface area contributed by atoms with Gasteiger partial charge < -0.3 is 15.2 Å². The predicted octanol–water partition coefficient (Wildman–Crippen LogP) is 2.91. The van der Waals surface area contributed by atoms with E-state index >= 15 is 0 Å². The van der Waals surface area contributed by atoms with E-state index in [9.17, 15) is 4.79 Å². The van der Waals surface area contributed by atoms with E-state index in [2.05, 4.69) is 26.2 Å². The van der Waals surface area contributed by atoms with Crippen molar-refractivity contribution in [3.63, 3.8) is 0 Å². The summed E-state index contributed by atoms with van der Waals surface area (Å²) in [6.07, 6.45) is 6.71. The van der Waals surface area contributed by atoms with Gasteiger partial charge in [0.05, 0.1) is 12.7 Å². The van der Waals surface area contributed by atoms with Gasteiger partial charge in [-0.15, -0.1) is 0 Å². The number of aromatic nitrogens is 1. The minimum atomic E-state index is -0.993. The number of hydrogen-bond donors (Lipinski definition) is 2. The summed E-state index contributed by atoms with van der Waals surface area (Å²) in [6.45, 7) is 1.13. The number of halogens is 1. The van der Waals surface area contributed by atoms with Gasteiger partial charge in [-0.3, -0.25) is 0 Å². The van der Waals surface area contributed by atoms with Gasteiger partial charge in [0.1, 0.15) is 11.4 Å².